The van der Waals surface area contributed by atoms with Crippen LogP contribution in [0.5, 0.6) is 0 Å². The number of ether oxygens (including phenoxy) is 1. The molecule has 0 aromatic rings. The SMILES string of the molecule is C=C1NCCO1. The molecule has 0 spiro atoms. The Bertz CT molecular complexity index is 61.9. The van der Waals surface area contributed by atoms with Crippen LogP contribution in [-0.4, -0.2) is 13.2 Å². The molecule has 2 heteroatoms. The molecule has 0 unspecified atom stereocenters. The first-order chi connectivity index (χ1) is 2.89. The molecular weight excluding hydrogens is 78.0 g/mol. The zero-order chi connectivity index (χ0) is 4.41. The summed E-state index contributed by atoms with van der Waals surface area (Å²) < 4.78 is 4.85. The summed E-state index contributed by atoms with van der Waals surface area (Å²) in [6.45, 7) is 5.21. The summed E-state index contributed by atoms with van der Waals surface area (Å²) in [5.41, 5.74) is 0. The van der Waals surface area contributed by atoms with Crippen LogP contribution in [0.2, 0.25) is 0 Å². The van der Waals surface area contributed by atoms with E-state index in [2.05, 4.69) is 11.9 Å². The predicted octanol–water partition coefficient (Wildman–Crippen LogP) is 0.0774. The van der Waals surface area contributed by atoms with Crippen molar-refractivity contribution in [1.82, 2.24) is 5.32 Å². The highest BCUT2D eigenvalue weighted by molar-refractivity contribution is 4.82. The molecule has 6 heavy (non-hydrogen) atoms. The van der Waals surface area contributed by atoms with Gasteiger partial charge in [0.2, 0.25) is 0 Å². The van der Waals surface area contributed by atoms with Crippen LogP contribution in [0, 0.1) is 0 Å². The fourth-order valence-corrected chi connectivity index (χ4v) is 0.416. The molecule has 2 nitrogen and oxygen atoms in total. The van der Waals surface area contributed by atoms with Crippen LogP contribution < -0.4 is 5.32 Å². The van der Waals surface area contributed by atoms with E-state index in [9.17, 15) is 0 Å². The molecule has 1 rings (SSSR count). The average Bonchev–Trinajstić information content (AvgIpc) is 1.86. The third-order valence-electron chi connectivity index (χ3n) is 0.701. The summed E-state index contributed by atoms with van der Waals surface area (Å²) in [4.78, 5) is 0. The molecule has 0 aliphatic carbocycles. The highest BCUT2D eigenvalue weighted by Gasteiger charge is 1.98. The number of rotatable bonds is 0. The lowest BCUT2D eigenvalue weighted by molar-refractivity contribution is 0.267. The van der Waals surface area contributed by atoms with E-state index in [0.29, 0.717) is 5.88 Å². The third-order valence-corrected chi connectivity index (χ3v) is 0.701. The van der Waals surface area contributed by atoms with E-state index < -0.39 is 0 Å². The summed E-state index contributed by atoms with van der Waals surface area (Å²) in [5.74, 6) is 0.704. The van der Waals surface area contributed by atoms with Gasteiger partial charge in [0.05, 0.1) is 6.54 Å². The maximum Gasteiger partial charge on any atom is 0.179 e. The minimum Gasteiger partial charge on any atom is -0.478 e. The molecule has 1 heterocycles. The van der Waals surface area contributed by atoms with E-state index in [4.69, 9.17) is 4.74 Å². The van der Waals surface area contributed by atoms with Crippen molar-refractivity contribution >= 4 is 0 Å². The molecule has 1 fully saturated rings. The largest absolute Gasteiger partial charge is 0.478 e. The summed E-state index contributed by atoms with van der Waals surface area (Å²) in [5, 5.41) is 2.90. The Morgan fingerprint density at radius 3 is 2.83 bits per heavy atom. The third kappa shape index (κ3) is 0.455. The summed E-state index contributed by atoms with van der Waals surface area (Å²) in [6, 6.07) is 0. The molecule has 34 valence electrons. The van der Waals surface area contributed by atoms with Crippen molar-refractivity contribution < 1.29 is 4.74 Å². The highest BCUT2D eigenvalue weighted by atomic mass is 16.5. The van der Waals surface area contributed by atoms with Crippen LogP contribution in [0.25, 0.3) is 0 Å². The van der Waals surface area contributed by atoms with Crippen LogP contribution >= 0.6 is 0 Å². The Labute approximate surface area is 36.8 Å². The van der Waals surface area contributed by atoms with Crippen molar-refractivity contribution in [3.05, 3.63) is 12.5 Å². The Hall–Kier alpha value is -0.660. The van der Waals surface area contributed by atoms with Gasteiger partial charge >= 0.3 is 0 Å². The first-order valence-electron chi connectivity index (χ1n) is 1.95. The molecule has 1 aliphatic rings. The van der Waals surface area contributed by atoms with Crippen molar-refractivity contribution in [1.29, 1.82) is 0 Å². The van der Waals surface area contributed by atoms with Crippen LogP contribution in [0.4, 0.5) is 0 Å². The molecule has 0 radical (unpaired) electrons. The summed E-state index contributed by atoms with van der Waals surface area (Å²) in [6.07, 6.45) is 0. The highest BCUT2D eigenvalue weighted by Crippen LogP contribution is 1.92. The quantitative estimate of drug-likeness (QED) is 0.449. The van der Waals surface area contributed by atoms with Crippen LogP contribution in [-0.2, 0) is 4.74 Å². The number of hydrogen-bond acceptors (Lipinski definition) is 2. The topological polar surface area (TPSA) is 21.3 Å². The van der Waals surface area contributed by atoms with Gasteiger partial charge in [-0.25, -0.2) is 0 Å². The van der Waals surface area contributed by atoms with Crippen LogP contribution in [0.15, 0.2) is 12.5 Å². The van der Waals surface area contributed by atoms with E-state index in [1.54, 1.807) is 0 Å². The van der Waals surface area contributed by atoms with Gasteiger partial charge in [0.15, 0.2) is 5.88 Å². The molecule has 1 N–H and O–H groups in total. The lowest BCUT2D eigenvalue weighted by Gasteiger charge is -1.88. The van der Waals surface area contributed by atoms with Crippen LogP contribution in [0.1, 0.15) is 0 Å². The Morgan fingerprint density at radius 1 is 1.83 bits per heavy atom. The predicted molar refractivity (Wildman–Crippen MR) is 23.1 cm³/mol. The summed E-state index contributed by atoms with van der Waals surface area (Å²) in [7, 11) is 0. The van der Waals surface area contributed by atoms with E-state index in [1.165, 1.54) is 0 Å². The molecule has 0 amide bonds. The van der Waals surface area contributed by atoms with E-state index >= 15 is 0 Å². The second-order valence-electron chi connectivity index (χ2n) is 1.20. The molecule has 1 aliphatic heterocycles. The van der Waals surface area contributed by atoms with Gasteiger partial charge in [0.25, 0.3) is 0 Å². The number of hydrogen-bond donors (Lipinski definition) is 1. The van der Waals surface area contributed by atoms with Gasteiger partial charge in [0.1, 0.15) is 6.61 Å². The molecular formula is C4H7NO. The first kappa shape index (κ1) is 3.53. The van der Waals surface area contributed by atoms with Crippen molar-refractivity contribution in [2.45, 2.75) is 0 Å². The monoisotopic (exact) mass is 85.1 g/mol. The lowest BCUT2D eigenvalue weighted by atomic mass is 10.7. The zero-order valence-corrected chi connectivity index (χ0v) is 3.53. The van der Waals surface area contributed by atoms with Gasteiger partial charge in [-0.1, -0.05) is 0 Å². The van der Waals surface area contributed by atoms with Gasteiger partial charge < -0.3 is 10.1 Å². The average molecular weight is 85.1 g/mol. The molecule has 1 saturated heterocycles. The van der Waals surface area contributed by atoms with E-state index in [0.717, 1.165) is 13.2 Å². The molecule has 0 bridgehead atoms. The van der Waals surface area contributed by atoms with Gasteiger partial charge in [-0.3, -0.25) is 0 Å². The van der Waals surface area contributed by atoms with Crippen molar-refractivity contribution in [2.75, 3.05) is 13.2 Å². The zero-order valence-electron chi connectivity index (χ0n) is 3.53. The number of nitrogens with one attached hydrogen (secondary N) is 1. The second-order valence-corrected chi connectivity index (χ2v) is 1.20. The van der Waals surface area contributed by atoms with E-state index in [-0.39, 0.29) is 0 Å². The van der Waals surface area contributed by atoms with Gasteiger partial charge in [-0.05, 0) is 6.58 Å². The first-order valence-corrected chi connectivity index (χ1v) is 1.95. The van der Waals surface area contributed by atoms with Gasteiger partial charge in [-0.15, -0.1) is 0 Å². The molecule has 0 aromatic heterocycles. The van der Waals surface area contributed by atoms with E-state index in [1.807, 2.05) is 0 Å². The van der Waals surface area contributed by atoms with Crippen molar-refractivity contribution in [2.24, 2.45) is 0 Å². The van der Waals surface area contributed by atoms with Crippen molar-refractivity contribution in [3.8, 4) is 0 Å². The normalized spacial score (nSPS) is 19.7. The Kier molecular flexibility index (Phi) is 0.708. The fourth-order valence-electron chi connectivity index (χ4n) is 0.416. The Balaban J connectivity index is 2.37. The molecule has 0 saturated carbocycles. The summed E-state index contributed by atoms with van der Waals surface area (Å²) >= 11 is 0. The fraction of sp³-hybridized carbons (Fsp3) is 0.500. The van der Waals surface area contributed by atoms with Crippen LogP contribution in [0.3, 0.4) is 0 Å². The maximum absolute atomic E-state index is 4.85. The Morgan fingerprint density at radius 2 is 2.67 bits per heavy atom. The smallest absolute Gasteiger partial charge is 0.179 e. The van der Waals surface area contributed by atoms with Gasteiger partial charge in [0, 0.05) is 0 Å². The maximum atomic E-state index is 4.85. The van der Waals surface area contributed by atoms with Crippen molar-refractivity contribution in [3.63, 3.8) is 0 Å². The van der Waals surface area contributed by atoms with Gasteiger partial charge in [-0.2, -0.15) is 0 Å². The second kappa shape index (κ2) is 1.20. The molecule has 0 atom stereocenters. The lowest BCUT2D eigenvalue weighted by Crippen LogP contribution is -2.02. The molecule has 0 aromatic carbocycles. The minimum atomic E-state index is 0.704. The standard InChI is InChI=1S/C4H7NO/c1-4-5-2-3-6-4/h5H,1-3H2. The minimum absolute atomic E-state index is 0.704.